The Morgan fingerprint density at radius 3 is 1.06 bits per heavy atom. The fourth-order valence-corrected chi connectivity index (χ4v) is 4.17. The van der Waals surface area contributed by atoms with Crippen molar-refractivity contribution in [3.8, 4) is 0 Å². The first-order chi connectivity index (χ1) is 16.4. The van der Waals surface area contributed by atoms with Crippen LogP contribution in [0.15, 0.2) is 30.3 Å². The Balaban J connectivity index is 1.74. The molecule has 1 aromatic carbocycles. The molecule has 0 spiro atoms. The van der Waals surface area contributed by atoms with Crippen molar-refractivity contribution in [2.75, 3.05) is 106 Å². The first-order valence-corrected chi connectivity index (χ1v) is 12.1. The molecule has 0 N–H and O–H groups in total. The standard InChI is InChI=1S/C25H40O8/c1-2-4-22(5-3-1)25(23-18-30-14-10-26-6-7-27-11-15-31-19-23)24-20-32-16-12-28-8-9-29-13-17-33-21-24/h1-5,23-25H,6-21H2. The van der Waals surface area contributed by atoms with Gasteiger partial charge >= 0.3 is 0 Å². The molecule has 0 aliphatic carbocycles. The number of ether oxygens (including phenoxy) is 8. The zero-order valence-electron chi connectivity index (χ0n) is 19.7. The van der Waals surface area contributed by atoms with Gasteiger partial charge in [0.1, 0.15) is 0 Å². The van der Waals surface area contributed by atoms with Gasteiger partial charge in [-0.25, -0.2) is 0 Å². The van der Waals surface area contributed by atoms with Crippen LogP contribution in [-0.2, 0) is 37.9 Å². The summed E-state index contributed by atoms with van der Waals surface area (Å²) in [7, 11) is 0. The summed E-state index contributed by atoms with van der Waals surface area (Å²) in [6.07, 6.45) is 0. The lowest BCUT2D eigenvalue weighted by Crippen LogP contribution is -2.34. The zero-order chi connectivity index (χ0) is 22.8. The second-order valence-electron chi connectivity index (χ2n) is 8.21. The van der Waals surface area contributed by atoms with Crippen molar-refractivity contribution in [1.29, 1.82) is 0 Å². The Bertz CT molecular complexity index is 527. The molecule has 0 aromatic heterocycles. The molecular weight excluding hydrogens is 428 g/mol. The molecule has 0 bridgehead atoms. The van der Waals surface area contributed by atoms with Crippen LogP contribution in [0.2, 0.25) is 0 Å². The van der Waals surface area contributed by atoms with Crippen molar-refractivity contribution < 1.29 is 37.9 Å². The highest BCUT2D eigenvalue weighted by Gasteiger charge is 2.32. The third-order valence-electron chi connectivity index (χ3n) is 5.76. The van der Waals surface area contributed by atoms with Crippen LogP contribution in [0.3, 0.4) is 0 Å². The van der Waals surface area contributed by atoms with E-state index in [9.17, 15) is 0 Å². The lowest BCUT2D eigenvalue weighted by atomic mass is 9.77. The second-order valence-corrected chi connectivity index (χ2v) is 8.21. The van der Waals surface area contributed by atoms with Crippen molar-refractivity contribution in [1.82, 2.24) is 0 Å². The Morgan fingerprint density at radius 1 is 0.424 bits per heavy atom. The van der Waals surface area contributed by atoms with Crippen molar-refractivity contribution in [3.63, 3.8) is 0 Å². The van der Waals surface area contributed by atoms with Crippen molar-refractivity contribution in [2.45, 2.75) is 5.92 Å². The number of hydrogen-bond donors (Lipinski definition) is 0. The van der Waals surface area contributed by atoms with E-state index in [4.69, 9.17) is 37.9 Å². The highest BCUT2D eigenvalue weighted by molar-refractivity contribution is 5.21. The summed E-state index contributed by atoms with van der Waals surface area (Å²) in [6.45, 7) is 9.01. The Morgan fingerprint density at radius 2 is 0.727 bits per heavy atom. The Labute approximate surface area is 197 Å². The zero-order valence-corrected chi connectivity index (χ0v) is 19.7. The first-order valence-electron chi connectivity index (χ1n) is 12.1. The van der Waals surface area contributed by atoms with Gasteiger partial charge in [-0.05, 0) is 11.5 Å². The van der Waals surface area contributed by atoms with Crippen LogP contribution in [0, 0.1) is 11.8 Å². The molecule has 2 saturated heterocycles. The van der Waals surface area contributed by atoms with E-state index in [0.717, 1.165) is 0 Å². The molecule has 0 atom stereocenters. The minimum atomic E-state index is 0.133. The number of rotatable bonds is 3. The summed E-state index contributed by atoms with van der Waals surface area (Å²) in [5, 5.41) is 0. The predicted octanol–water partition coefficient (Wildman–Crippen LogP) is 2.16. The lowest BCUT2D eigenvalue weighted by Gasteiger charge is -2.34. The topological polar surface area (TPSA) is 73.8 Å². The minimum absolute atomic E-state index is 0.133. The molecule has 33 heavy (non-hydrogen) atoms. The molecule has 2 aliphatic rings. The van der Waals surface area contributed by atoms with E-state index in [1.54, 1.807) is 0 Å². The summed E-state index contributed by atoms with van der Waals surface area (Å²) >= 11 is 0. The third kappa shape index (κ3) is 10.8. The lowest BCUT2D eigenvalue weighted by molar-refractivity contribution is -0.0305. The fourth-order valence-electron chi connectivity index (χ4n) is 4.17. The quantitative estimate of drug-likeness (QED) is 0.668. The maximum Gasteiger partial charge on any atom is 0.0701 e. The van der Waals surface area contributed by atoms with Gasteiger partial charge in [0, 0.05) is 11.8 Å². The maximum absolute atomic E-state index is 6.04. The van der Waals surface area contributed by atoms with E-state index >= 15 is 0 Å². The summed E-state index contributed by atoms with van der Waals surface area (Å²) in [5.41, 5.74) is 1.24. The van der Waals surface area contributed by atoms with Gasteiger partial charge in [0.15, 0.2) is 0 Å². The van der Waals surface area contributed by atoms with Crippen LogP contribution in [0.1, 0.15) is 11.5 Å². The normalized spacial score (nSPS) is 23.3. The predicted molar refractivity (Wildman–Crippen MR) is 123 cm³/mol. The van der Waals surface area contributed by atoms with Crippen LogP contribution in [0.5, 0.6) is 0 Å². The maximum atomic E-state index is 6.04. The van der Waals surface area contributed by atoms with Crippen LogP contribution >= 0.6 is 0 Å². The smallest absolute Gasteiger partial charge is 0.0701 e. The van der Waals surface area contributed by atoms with E-state index in [1.165, 1.54) is 5.56 Å². The summed E-state index contributed by atoms with van der Waals surface area (Å²) < 4.78 is 46.5. The average molecular weight is 469 g/mol. The molecule has 0 unspecified atom stereocenters. The van der Waals surface area contributed by atoms with Gasteiger partial charge in [-0.1, -0.05) is 30.3 Å². The van der Waals surface area contributed by atoms with E-state index < -0.39 is 0 Å². The van der Waals surface area contributed by atoms with Gasteiger partial charge < -0.3 is 37.9 Å². The molecule has 0 saturated carbocycles. The molecule has 188 valence electrons. The van der Waals surface area contributed by atoms with Crippen LogP contribution in [0.4, 0.5) is 0 Å². The molecular formula is C25H40O8. The fraction of sp³-hybridized carbons (Fsp3) is 0.760. The van der Waals surface area contributed by atoms with Crippen molar-refractivity contribution in [2.24, 2.45) is 11.8 Å². The monoisotopic (exact) mass is 468 g/mol. The summed E-state index contributed by atoms with van der Waals surface area (Å²) in [5.74, 6) is 0.409. The molecule has 3 rings (SSSR count). The highest BCUT2D eigenvalue weighted by Crippen LogP contribution is 2.34. The van der Waals surface area contributed by atoms with Crippen molar-refractivity contribution >= 4 is 0 Å². The van der Waals surface area contributed by atoms with Crippen molar-refractivity contribution in [3.05, 3.63) is 35.9 Å². The van der Waals surface area contributed by atoms with Crippen LogP contribution < -0.4 is 0 Å². The van der Waals surface area contributed by atoms with E-state index in [0.29, 0.717) is 106 Å². The average Bonchev–Trinajstić information content (AvgIpc) is 2.89. The van der Waals surface area contributed by atoms with Gasteiger partial charge in [-0.15, -0.1) is 0 Å². The number of hydrogen-bond acceptors (Lipinski definition) is 8. The van der Waals surface area contributed by atoms with Gasteiger partial charge in [-0.3, -0.25) is 0 Å². The molecule has 2 aliphatic heterocycles. The second kappa shape index (κ2) is 17.4. The number of benzene rings is 1. The molecule has 8 heteroatoms. The Kier molecular flexibility index (Phi) is 13.9. The SMILES string of the molecule is c1ccc(C(C2COCCOCCOCCOC2)C2COCCOCCOCCOC2)cc1. The highest BCUT2D eigenvalue weighted by atomic mass is 16.6. The van der Waals surface area contributed by atoms with Gasteiger partial charge in [-0.2, -0.15) is 0 Å². The molecule has 0 radical (unpaired) electrons. The van der Waals surface area contributed by atoms with Gasteiger partial charge in [0.25, 0.3) is 0 Å². The molecule has 0 amide bonds. The summed E-state index contributed by atoms with van der Waals surface area (Å²) in [4.78, 5) is 0. The minimum Gasteiger partial charge on any atom is -0.379 e. The largest absolute Gasteiger partial charge is 0.379 e. The van der Waals surface area contributed by atoms with E-state index in [2.05, 4.69) is 24.3 Å². The van der Waals surface area contributed by atoms with Gasteiger partial charge in [0.2, 0.25) is 0 Å². The summed E-state index contributed by atoms with van der Waals surface area (Å²) in [6, 6.07) is 10.5. The first kappa shape index (κ1) is 26.5. The molecule has 1 aromatic rings. The Hall–Kier alpha value is -1.10. The third-order valence-corrected chi connectivity index (χ3v) is 5.76. The van der Waals surface area contributed by atoms with E-state index in [1.807, 2.05) is 6.07 Å². The molecule has 2 fully saturated rings. The van der Waals surface area contributed by atoms with E-state index in [-0.39, 0.29) is 17.8 Å². The molecule has 2 heterocycles. The molecule has 8 nitrogen and oxygen atoms in total. The van der Waals surface area contributed by atoms with Gasteiger partial charge in [0.05, 0.1) is 106 Å². The van der Waals surface area contributed by atoms with Crippen LogP contribution in [-0.4, -0.2) is 106 Å². The van der Waals surface area contributed by atoms with Crippen LogP contribution in [0.25, 0.3) is 0 Å².